The Morgan fingerprint density at radius 2 is 2.33 bits per heavy atom. The zero-order chi connectivity index (χ0) is 11.1. The van der Waals surface area contributed by atoms with E-state index in [1.54, 1.807) is 12.2 Å². The summed E-state index contributed by atoms with van der Waals surface area (Å²) < 4.78 is 0. The molecule has 78 valence electrons. The van der Waals surface area contributed by atoms with Crippen LogP contribution < -0.4 is 5.32 Å². The first-order valence-corrected chi connectivity index (χ1v) is 4.86. The molecular formula is C13H15NO. The molecule has 0 aromatic heterocycles. The van der Waals surface area contributed by atoms with Crippen LogP contribution in [-0.2, 0) is 4.79 Å². The molecule has 0 fully saturated rings. The quantitative estimate of drug-likeness (QED) is 0.588. The molecule has 1 amide bonds. The Kier molecular flexibility index (Phi) is 4.35. The van der Waals surface area contributed by atoms with Crippen LogP contribution in [-0.4, -0.2) is 12.5 Å². The van der Waals surface area contributed by atoms with E-state index >= 15 is 0 Å². The number of hydrogen-bond acceptors (Lipinski definition) is 1. The highest BCUT2D eigenvalue weighted by Crippen LogP contribution is 2.05. The Labute approximate surface area is 90.3 Å². The molecule has 0 spiro atoms. The Morgan fingerprint density at radius 1 is 1.53 bits per heavy atom. The lowest BCUT2D eigenvalue weighted by molar-refractivity contribution is -0.116. The molecule has 15 heavy (non-hydrogen) atoms. The summed E-state index contributed by atoms with van der Waals surface area (Å²) in [5.74, 6) is -0.101. The molecule has 0 aliphatic heterocycles. The molecule has 0 radical (unpaired) electrons. The lowest BCUT2D eigenvalue weighted by atomic mass is 10.1. The van der Waals surface area contributed by atoms with Gasteiger partial charge in [0, 0.05) is 12.6 Å². The first-order chi connectivity index (χ1) is 7.22. The van der Waals surface area contributed by atoms with Crippen molar-refractivity contribution in [1.29, 1.82) is 0 Å². The van der Waals surface area contributed by atoms with E-state index < -0.39 is 0 Å². The lowest BCUT2D eigenvalue weighted by Crippen LogP contribution is -2.20. The fraction of sp³-hybridized carbons (Fsp3) is 0.154. The molecule has 0 heterocycles. The number of rotatable bonds is 4. The van der Waals surface area contributed by atoms with Gasteiger partial charge < -0.3 is 5.32 Å². The normalized spacial score (nSPS) is 10.2. The standard InChI is InChI=1S/C13H15NO/c1-3-9-14-13(15)8-7-12-6-4-5-11(2)10-12/h3-8,10H,1,9H2,2H3,(H,14,15)/b8-7+. The average molecular weight is 201 g/mol. The van der Waals surface area contributed by atoms with Gasteiger partial charge >= 0.3 is 0 Å². The number of aryl methyl sites for hydroxylation is 1. The van der Waals surface area contributed by atoms with E-state index in [0.717, 1.165) is 5.56 Å². The summed E-state index contributed by atoms with van der Waals surface area (Å²) >= 11 is 0. The largest absolute Gasteiger partial charge is 0.349 e. The second kappa shape index (κ2) is 5.81. The highest BCUT2D eigenvalue weighted by molar-refractivity contribution is 5.91. The molecule has 0 saturated carbocycles. The number of hydrogen-bond donors (Lipinski definition) is 1. The minimum absolute atomic E-state index is 0.101. The maximum absolute atomic E-state index is 11.2. The van der Waals surface area contributed by atoms with Crippen LogP contribution in [0.5, 0.6) is 0 Å². The van der Waals surface area contributed by atoms with E-state index in [1.165, 1.54) is 11.6 Å². The first-order valence-electron chi connectivity index (χ1n) is 4.86. The van der Waals surface area contributed by atoms with Crippen LogP contribution >= 0.6 is 0 Å². The molecule has 1 aromatic rings. The van der Waals surface area contributed by atoms with Gasteiger partial charge in [-0.2, -0.15) is 0 Å². The Morgan fingerprint density at radius 3 is 3.00 bits per heavy atom. The molecule has 2 heteroatoms. The molecule has 0 atom stereocenters. The molecule has 1 rings (SSSR count). The van der Waals surface area contributed by atoms with Crippen molar-refractivity contribution in [3.63, 3.8) is 0 Å². The molecule has 0 bridgehead atoms. The minimum atomic E-state index is -0.101. The minimum Gasteiger partial charge on any atom is -0.349 e. The van der Waals surface area contributed by atoms with Crippen molar-refractivity contribution >= 4 is 12.0 Å². The van der Waals surface area contributed by atoms with Gasteiger partial charge in [-0.15, -0.1) is 6.58 Å². The van der Waals surface area contributed by atoms with Crippen LogP contribution in [0.25, 0.3) is 6.08 Å². The highest BCUT2D eigenvalue weighted by Gasteiger charge is 1.92. The number of carbonyl (C=O) groups excluding carboxylic acids is 1. The first kappa shape index (κ1) is 11.2. The van der Waals surface area contributed by atoms with Crippen LogP contribution in [0.3, 0.4) is 0 Å². The van der Waals surface area contributed by atoms with Crippen molar-refractivity contribution in [2.75, 3.05) is 6.54 Å². The van der Waals surface area contributed by atoms with E-state index in [9.17, 15) is 4.79 Å². The average Bonchev–Trinajstić information content (AvgIpc) is 2.23. The molecule has 0 aliphatic carbocycles. The van der Waals surface area contributed by atoms with Crippen molar-refractivity contribution in [2.24, 2.45) is 0 Å². The predicted molar refractivity (Wildman–Crippen MR) is 63.4 cm³/mol. The maximum atomic E-state index is 11.2. The number of amides is 1. The van der Waals surface area contributed by atoms with Crippen molar-refractivity contribution in [2.45, 2.75) is 6.92 Å². The zero-order valence-corrected chi connectivity index (χ0v) is 8.86. The van der Waals surface area contributed by atoms with Gasteiger partial charge in [0.25, 0.3) is 0 Å². The van der Waals surface area contributed by atoms with Crippen molar-refractivity contribution < 1.29 is 4.79 Å². The lowest BCUT2D eigenvalue weighted by Gasteiger charge is -1.97. The van der Waals surface area contributed by atoms with E-state index in [1.807, 2.05) is 31.2 Å². The highest BCUT2D eigenvalue weighted by atomic mass is 16.1. The summed E-state index contributed by atoms with van der Waals surface area (Å²) in [6.45, 7) is 6.04. The SMILES string of the molecule is C=CCNC(=O)/C=C/c1cccc(C)c1. The second-order valence-corrected chi connectivity index (χ2v) is 3.28. The smallest absolute Gasteiger partial charge is 0.244 e. The summed E-state index contributed by atoms with van der Waals surface area (Å²) in [6, 6.07) is 7.98. The van der Waals surface area contributed by atoms with Crippen molar-refractivity contribution in [3.05, 3.63) is 54.1 Å². The van der Waals surface area contributed by atoms with Crippen LogP contribution in [0, 0.1) is 6.92 Å². The van der Waals surface area contributed by atoms with Gasteiger partial charge in [0.1, 0.15) is 0 Å². The molecule has 0 aliphatic rings. The van der Waals surface area contributed by atoms with Gasteiger partial charge in [0.05, 0.1) is 0 Å². The van der Waals surface area contributed by atoms with Gasteiger partial charge in [-0.25, -0.2) is 0 Å². The molecule has 0 unspecified atom stereocenters. The molecule has 0 saturated heterocycles. The van der Waals surface area contributed by atoms with Gasteiger partial charge in [-0.05, 0) is 18.6 Å². The third-order valence-corrected chi connectivity index (χ3v) is 1.89. The third kappa shape index (κ3) is 4.27. The Bertz CT molecular complexity index is 380. The van der Waals surface area contributed by atoms with Gasteiger partial charge in [-0.3, -0.25) is 4.79 Å². The predicted octanol–water partition coefficient (Wildman–Crippen LogP) is 2.31. The topological polar surface area (TPSA) is 29.1 Å². The number of nitrogens with one attached hydrogen (secondary N) is 1. The second-order valence-electron chi connectivity index (χ2n) is 3.28. The van der Waals surface area contributed by atoms with Gasteiger partial charge in [0.15, 0.2) is 0 Å². The summed E-state index contributed by atoms with van der Waals surface area (Å²) in [7, 11) is 0. The van der Waals surface area contributed by atoms with Crippen molar-refractivity contribution in [1.82, 2.24) is 5.32 Å². The monoisotopic (exact) mass is 201 g/mol. The summed E-state index contributed by atoms with van der Waals surface area (Å²) in [4.78, 5) is 11.2. The maximum Gasteiger partial charge on any atom is 0.244 e. The van der Waals surface area contributed by atoms with E-state index in [4.69, 9.17) is 0 Å². The van der Waals surface area contributed by atoms with Crippen molar-refractivity contribution in [3.8, 4) is 0 Å². The number of carbonyl (C=O) groups is 1. The van der Waals surface area contributed by atoms with E-state index in [-0.39, 0.29) is 5.91 Å². The summed E-state index contributed by atoms with van der Waals surface area (Å²) in [5.41, 5.74) is 2.22. The van der Waals surface area contributed by atoms with Crippen LogP contribution in [0.15, 0.2) is 43.0 Å². The Hall–Kier alpha value is -1.83. The summed E-state index contributed by atoms with van der Waals surface area (Å²) in [6.07, 6.45) is 4.97. The Balaban J connectivity index is 2.57. The zero-order valence-electron chi connectivity index (χ0n) is 8.86. The van der Waals surface area contributed by atoms with Crippen LogP contribution in [0.1, 0.15) is 11.1 Å². The number of benzene rings is 1. The molecule has 2 nitrogen and oxygen atoms in total. The van der Waals surface area contributed by atoms with Crippen LogP contribution in [0.4, 0.5) is 0 Å². The summed E-state index contributed by atoms with van der Waals surface area (Å²) in [5, 5.41) is 2.67. The van der Waals surface area contributed by atoms with Gasteiger partial charge in [-0.1, -0.05) is 35.9 Å². The molecule has 1 aromatic carbocycles. The van der Waals surface area contributed by atoms with Crippen LogP contribution in [0.2, 0.25) is 0 Å². The molecule has 1 N–H and O–H groups in total. The fourth-order valence-corrected chi connectivity index (χ4v) is 1.18. The molecular weight excluding hydrogens is 186 g/mol. The third-order valence-electron chi connectivity index (χ3n) is 1.89. The van der Waals surface area contributed by atoms with E-state index in [2.05, 4.69) is 11.9 Å². The van der Waals surface area contributed by atoms with Gasteiger partial charge in [0.2, 0.25) is 5.91 Å². The fourth-order valence-electron chi connectivity index (χ4n) is 1.18. The van der Waals surface area contributed by atoms with E-state index in [0.29, 0.717) is 6.54 Å².